The van der Waals surface area contributed by atoms with Crippen LogP contribution < -0.4 is 5.32 Å². The van der Waals surface area contributed by atoms with Crippen molar-refractivity contribution in [3.05, 3.63) is 29.3 Å². The monoisotopic (exact) mass is 338 g/mol. The van der Waals surface area contributed by atoms with Crippen LogP contribution in [0, 0.1) is 0 Å². The number of carbonyl (C=O) groups is 2. The highest BCUT2D eigenvalue weighted by molar-refractivity contribution is 6.30. The van der Waals surface area contributed by atoms with Gasteiger partial charge >= 0.3 is 12.0 Å². The zero-order valence-corrected chi connectivity index (χ0v) is 14.1. The first-order chi connectivity index (χ1) is 11.1. The molecule has 0 heterocycles. The highest BCUT2D eigenvalue weighted by Gasteiger charge is 2.26. The summed E-state index contributed by atoms with van der Waals surface area (Å²) in [6.45, 7) is 0.365. The number of nitrogens with zero attached hydrogens (tertiary/aromatic N) is 1. The molecule has 1 N–H and O–H groups in total. The summed E-state index contributed by atoms with van der Waals surface area (Å²) in [5.41, 5.74) is 0.654. The van der Waals surface area contributed by atoms with E-state index in [0.717, 1.165) is 25.7 Å². The number of amides is 2. The third-order valence-electron chi connectivity index (χ3n) is 4.14. The molecule has 1 aliphatic rings. The molecule has 1 saturated carbocycles. The second-order valence-corrected chi connectivity index (χ2v) is 6.19. The topological polar surface area (TPSA) is 58.6 Å². The van der Waals surface area contributed by atoms with Crippen molar-refractivity contribution < 1.29 is 14.3 Å². The highest BCUT2D eigenvalue weighted by Crippen LogP contribution is 2.24. The fourth-order valence-electron chi connectivity index (χ4n) is 2.92. The predicted octanol–water partition coefficient (Wildman–Crippen LogP) is 4.07. The molecule has 2 rings (SSSR count). The van der Waals surface area contributed by atoms with Gasteiger partial charge in [-0.15, -0.1) is 0 Å². The Labute approximate surface area is 141 Å². The van der Waals surface area contributed by atoms with Gasteiger partial charge in [-0.1, -0.05) is 36.9 Å². The number of benzene rings is 1. The van der Waals surface area contributed by atoms with Crippen LogP contribution in [-0.4, -0.2) is 36.6 Å². The summed E-state index contributed by atoms with van der Waals surface area (Å²) in [6, 6.07) is 7.03. The van der Waals surface area contributed by atoms with Crippen molar-refractivity contribution in [3.63, 3.8) is 0 Å². The number of carbonyl (C=O) groups excluding carboxylic acids is 2. The van der Waals surface area contributed by atoms with Crippen LogP contribution >= 0.6 is 11.6 Å². The summed E-state index contributed by atoms with van der Waals surface area (Å²) in [5, 5.41) is 3.44. The van der Waals surface area contributed by atoms with E-state index in [1.807, 2.05) is 0 Å². The lowest BCUT2D eigenvalue weighted by molar-refractivity contribution is -0.140. The van der Waals surface area contributed by atoms with Crippen molar-refractivity contribution in [2.24, 2.45) is 0 Å². The molecule has 1 fully saturated rings. The van der Waals surface area contributed by atoms with Crippen LogP contribution in [0.2, 0.25) is 5.02 Å². The molecule has 23 heavy (non-hydrogen) atoms. The van der Waals surface area contributed by atoms with E-state index in [2.05, 4.69) is 10.1 Å². The Morgan fingerprint density at radius 2 is 2.04 bits per heavy atom. The molecule has 0 unspecified atom stereocenters. The molecule has 5 nitrogen and oxygen atoms in total. The minimum Gasteiger partial charge on any atom is -0.469 e. The minimum atomic E-state index is -0.304. The van der Waals surface area contributed by atoms with Crippen LogP contribution in [0.1, 0.15) is 38.5 Å². The molecule has 1 aromatic rings. The number of hydrogen-bond acceptors (Lipinski definition) is 3. The fourth-order valence-corrected chi connectivity index (χ4v) is 3.11. The quantitative estimate of drug-likeness (QED) is 0.823. The van der Waals surface area contributed by atoms with Crippen molar-refractivity contribution in [2.75, 3.05) is 19.0 Å². The maximum atomic E-state index is 12.6. The van der Waals surface area contributed by atoms with Crippen LogP contribution in [0.3, 0.4) is 0 Å². The fraction of sp³-hybridized carbons (Fsp3) is 0.529. The van der Waals surface area contributed by atoms with Crippen molar-refractivity contribution in [2.45, 2.75) is 44.6 Å². The predicted molar refractivity (Wildman–Crippen MR) is 90.7 cm³/mol. The Hall–Kier alpha value is -1.75. The van der Waals surface area contributed by atoms with Gasteiger partial charge in [0.1, 0.15) is 0 Å². The maximum absolute atomic E-state index is 12.6. The smallest absolute Gasteiger partial charge is 0.322 e. The maximum Gasteiger partial charge on any atom is 0.322 e. The summed E-state index contributed by atoms with van der Waals surface area (Å²) in [7, 11) is 1.36. The Kier molecular flexibility index (Phi) is 6.71. The Bertz CT molecular complexity index is 544. The van der Waals surface area contributed by atoms with Gasteiger partial charge in [0.15, 0.2) is 0 Å². The average molecular weight is 339 g/mol. The number of methoxy groups -OCH3 is 1. The molecule has 2 amide bonds. The van der Waals surface area contributed by atoms with Gasteiger partial charge in [-0.25, -0.2) is 4.79 Å². The van der Waals surface area contributed by atoms with Gasteiger partial charge in [-0.05, 0) is 31.0 Å². The van der Waals surface area contributed by atoms with Gasteiger partial charge < -0.3 is 15.0 Å². The number of ether oxygens (including phenoxy) is 1. The lowest BCUT2D eigenvalue weighted by atomic mass is 9.94. The molecule has 0 saturated heterocycles. The number of urea groups is 1. The van der Waals surface area contributed by atoms with Crippen LogP contribution in [0.5, 0.6) is 0 Å². The van der Waals surface area contributed by atoms with Gasteiger partial charge in [-0.2, -0.15) is 0 Å². The number of esters is 1. The number of halogens is 1. The van der Waals surface area contributed by atoms with Crippen LogP contribution in [0.4, 0.5) is 10.5 Å². The second-order valence-electron chi connectivity index (χ2n) is 5.75. The number of hydrogen-bond donors (Lipinski definition) is 1. The molecule has 0 spiro atoms. The number of rotatable bonds is 5. The van der Waals surface area contributed by atoms with E-state index < -0.39 is 0 Å². The van der Waals surface area contributed by atoms with Crippen LogP contribution in [0.15, 0.2) is 24.3 Å². The van der Waals surface area contributed by atoms with Gasteiger partial charge in [-0.3, -0.25) is 4.79 Å². The van der Waals surface area contributed by atoms with Crippen molar-refractivity contribution >= 4 is 29.3 Å². The van der Waals surface area contributed by atoms with E-state index in [-0.39, 0.29) is 24.5 Å². The molecule has 0 aromatic heterocycles. The third-order valence-corrected chi connectivity index (χ3v) is 4.37. The SMILES string of the molecule is COC(=O)CCN(C(=O)Nc1cccc(Cl)c1)C1CCCCC1. The first-order valence-electron chi connectivity index (χ1n) is 8.00. The Morgan fingerprint density at radius 1 is 1.30 bits per heavy atom. The van der Waals surface area contributed by atoms with E-state index in [9.17, 15) is 9.59 Å². The molecule has 6 heteroatoms. The molecule has 0 radical (unpaired) electrons. The summed E-state index contributed by atoms with van der Waals surface area (Å²) < 4.78 is 4.69. The molecule has 126 valence electrons. The average Bonchev–Trinajstić information content (AvgIpc) is 2.55. The van der Waals surface area contributed by atoms with Crippen molar-refractivity contribution in [1.29, 1.82) is 0 Å². The molecule has 0 aliphatic heterocycles. The molecule has 0 atom stereocenters. The normalized spacial score (nSPS) is 15.0. The van der Waals surface area contributed by atoms with Crippen molar-refractivity contribution in [1.82, 2.24) is 4.90 Å². The van der Waals surface area contributed by atoms with E-state index in [1.165, 1.54) is 13.5 Å². The molecular formula is C17H23ClN2O3. The number of anilines is 1. The van der Waals surface area contributed by atoms with Gasteiger partial charge in [0.25, 0.3) is 0 Å². The van der Waals surface area contributed by atoms with E-state index in [0.29, 0.717) is 17.3 Å². The zero-order valence-electron chi connectivity index (χ0n) is 13.4. The summed E-state index contributed by atoms with van der Waals surface area (Å²) in [4.78, 5) is 25.8. The van der Waals surface area contributed by atoms with Gasteiger partial charge in [0.05, 0.1) is 13.5 Å². The van der Waals surface area contributed by atoms with Gasteiger partial charge in [0.2, 0.25) is 0 Å². The Morgan fingerprint density at radius 3 is 2.70 bits per heavy atom. The summed E-state index contributed by atoms with van der Waals surface area (Å²) in [5.74, 6) is -0.304. The minimum absolute atomic E-state index is 0.174. The largest absolute Gasteiger partial charge is 0.469 e. The first kappa shape index (κ1) is 17.6. The lowest BCUT2D eigenvalue weighted by Gasteiger charge is -2.34. The first-order valence-corrected chi connectivity index (χ1v) is 8.38. The van der Waals surface area contributed by atoms with E-state index >= 15 is 0 Å². The zero-order chi connectivity index (χ0) is 16.7. The molecule has 1 aromatic carbocycles. The van der Waals surface area contributed by atoms with Crippen LogP contribution in [0.25, 0.3) is 0 Å². The molecule has 0 bridgehead atoms. The standard InChI is InChI=1S/C17H23ClN2O3/c1-23-16(21)10-11-20(15-8-3-2-4-9-15)17(22)19-14-7-5-6-13(18)12-14/h5-7,12,15H,2-4,8-11H2,1H3,(H,19,22). The van der Waals surface area contributed by atoms with Crippen molar-refractivity contribution in [3.8, 4) is 0 Å². The summed E-state index contributed by atoms with van der Waals surface area (Å²) >= 11 is 5.95. The van der Waals surface area contributed by atoms with E-state index in [4.69, 9.17) is 11.6 Å². The highest BCUT2D eigenvalue weighted by atomic mass is 35.5. The molecular weight excluding hydrogens is 316 g/mol. The van der Waals surface area contributed by atoms with Crippen LogP contribution in [-0.2, 0) is 9.53 Å². The Balaban J connectivity index is 2.04. The summed E-state index contributed by atoms with van der Waals surface area (Å²) in [6.07, 6.45) is 5.59. The lowest BCUT2D eigenvalue weighted by Crippen LogP contribution is -2.45. The van der Waals surface area contributed by atoms with E-state index in [1.54, 1.807) is 29.2 Å². The third kappa shape index (κ3) is 5.43. The second kappa shape index (κ2) is 8.77. The molecule has 1 aliphatic carbocycles. The van der Waals surface area contributed by atoms with Gasteiger partial charge in [0, 0.05) is 23.3 Å². The number of nitrogens with one attached hydrogen (secondary N) is 1.